The predicted molar refractivity (Wildman–Crippen MR) is 83.4 cm³/mol. The van der Waals surface area contributed by atoms with Crippen LogP contribution in [-0.4, -0.2) is 14.9 Å². The maximum absolute atomic E-state index is 13.2. The molecule has 118 valence electrons. The normalized spacial score (nSPS) is 12.5. The molecule has 1 atom stereocenters. The van der Waals surface area contributed by atoms with Crippen LogP contribution in [-0.2, 0) is 0 Å². The second-order valence-corrected chi connectivity index (χ2v) is 6.27. The Morgan fingerprint density at radius 1 is 1.26 bits per heavy atom. The minimum atomic E-state index is -0.952. The third-order valence-corrected chi connectivity index (χ3v) is 4.38. The second-order valence-electron chi connectivity index (χ2n) is 4.94. The predicted octanol–water partition coefficient (Wildman–Crippen LogP) is 4.60. The number of nitro groups is 1. The van der Waals surface area contributed by atoms with Crippen molar-refractivity contribution in [3.8, 4) is 0 Å². The molecule has 0 aliphatic rings. The van der Waals surface area contributed by atoms with Crippen LogP contribution in [0.25, 0.3) is 11.0 Å². The van der Waals surface area contributed by atoms with E-state index >= 15 is 0 Å². The average Bonchev–Trinajstić information content (AvgIpc) is 2.89. The molecule has 0 aliphatic carbocycles. The summed E-state index contributed by atoms with van der Waals surface area (Å²) in [5.41, 5.74) is 1.51. The average molecular weight is 335 g/mol. The molecule has 0 unspecified atom stereocenters. The van der Waals surface area contributed by atoms with E-state index in [1.807, 2.05) is 6.92 Å². The number of imidazole rings is 1. The molecule has 0 bridgehead atoms. The standard InChI is InChI=1S/C15H11F2N3O2S/c1-8(9-3-2-4-10(5-9)20(21)22)23-15-18-13-6-11(16)12(17)7-14(13)19-15/h2-8H,1H3,(H,18,19)/t8-/m1/s1. The van der Waals surface area contributed by atoms with Gasteiger partial charge in [-0.05, 0) is 12.5 Å². The van der Waals surface area contributed by atoms with Gasteiger partial charge in [0.15, 0.2) is 16.8 Å². The molecule has 0 radical (unpaired) electrons. The summed E-state index contributed by atoms with van der Waals surface area (Å²) >= 11 is 1.32. The Kier molecular flexibility index (Phi) is 3.99. The van der Waals surface area contributed by atoms with Gasteiger partial charge in [0, 0.05) is 29.5 Å². The number of hydrogen-bond donors (Lipinski definition) is 1. The minimum Gasteiger partial charge on any atom is -0.333 e. The highest BCUT2D eigenvalue weighted by Gasteiger charge is 2.15. The number of nitrogens with zero attached hydrogens (tertiary/aromatic N) is 2. The highest BCUT2D eigenvalue weighted by Crippen LogP contribution is 2.35. The van der Waals surface area contributed by atoms with Crippen molar-refractivity contribution in [3.05, 3.63) is 63.7 Å². The second kappa shape index (κ2) is 5.96. The first-order chi connectivity index (χ1) is 10.9. The van der Waals surface area contributed by atoms with Gasteiger partial charge in [-0.25, -0.2) is 13.8 Å². The molecule has 0 spiro atoms. The van der Waals surface area contributed by atoms with Crippen molar-refractivity contribution in [1.29, 1.82) is 0 Å². The van der Waals surface area contributed by atoms with Crippen molar-refractivity contribution in [3.63, 3.8) is 0 Å². The Morgan fingerprint density at radius 3 is 2.74 bits per heavy atom. The Hall–Kier alpha value is -2.48. The molecule has 1 aromatic heterocycles. The van der Waals surface area contributed by atoms with Crippen LogP contribution in [0.2, 0.25) is 0 Å². The zero-order valence-electron chi connectivity index (χ0n) is 11.9. The van der Waals surface area contributed by atoms with Gasteiger partial charge in [-0.3, -0.25) is 10.1 Å². The number of rotatable bonds is 4. The van der Waals surface area contributed by atoms with E-state index < -0.39 is 16.6 Å². The molecule has 2 aromatic carbocycles. The van der Waals surface area contributed by atoms with Gasteiger partial charge in [0.25, 0.3) is 5.69 Å². The van der Waals surface area contributed by atoms with Gasteiger partial charge in [-0.15, -0.1) is 0 Å². The van der Waals surface area contributed by atoms with E-state index in [0.717, 1.165) is 17.7 Å². The lowest BCUT2D eigenvalue weighted by Crippen LogP contribution is -1.93. The lowest BCUT2D eigenvalue weighted by molar-refractivity contribution is -0.384. The van der Waals surface area contributed by atoms with Crippen molar-refractivity contribution in [2.75, 3.05) is 0 Å². The molecule has 3 rings (SSSR count). The van der Waals surface area contributed by atoms with Gasteiger partial charge in [-0.2, -0.15) is 0 Å². The van der Waals surface area contributed by atoms with Crippen LogP contribution < -0.4 is 0 Å². The number of benzene rings is 2. The molecule has 0 aliphatic heterocycles. The van der Waals surface area contributed by atoms with Crippen LogP contribution in [0.3, 0.4) is 0 Å². The van der Waals surface area contributed by atoms with Crippen molar-refractivity contribution < 1.29 is 13.7 Å². The number of thioether (sulfide) groups is 1. The first-order valence-electron chi connectivity index (χ1n) is 6.70. The lowest BCUT2D eigenvalue weighted by atomic mass is 10.1. The number of H-pyrrole nitrogens is 1. The molecule has 8 heteroatoms. The van der Waals surface area contributed by atoms with Gasteiger partial charge in [0.05, 0.1) is 16.0 Å². The Labute approximate surface area is 133 Å². The number of nitrogens with one attached hydrogen (secondary N) is 1. The molecule has 0 amide bonds. The van der Waals surface area contributed by atoms with E-state index in [9.17, 15) is 18.9 Å². The molecule has 0 saturated carbocycles. The van der Waals surface area contributed by atoms with Crippen LogP contribution >= 0.6 is 11.8 Å². The van der Waals surface area contributed by atoms with Crippen LogP contribution in [0.15, 0.2) is 41.6 Å². The third-order valence-electron chi connectivity index (χ3n) is 3.34. The van der Waals surface area contributed by atoms with E-state index in [0.29, 0.717) is 16.2 Å². The molecular weight excluding hydrogens is 324 g/mol. The number of hydrogen-bond acceptors (Lipinski definition) is 4. The van der Waals surface area contributed by atoms with E-state index in [1.54, 1.807) is 12.1 Å². The van der Waals surface area contributed by atoms with Gasteiger partial charge < -0.3 is 4.98 Å². The van der Waals surface area contributed by atoms with Crippen LogP contribution in [0, 0.1) is 21.7 Å². The van der Waals surface area contributed by atoms with Gasteiger partial charge in [-0.1, -0.05) is 23.9 Å². The summed E-state index contributed by atoms with van der Waals surface area (Å²) in [6, 6.07) is 8.41. The van der Waals surface area contributed by atoms with Crippen LogP contribution in [0.4, 0.5) is 14.5 Å². The van der Waals surface area contributed by atoms with E-state index in [4.69, 9.17) is 0 Å². The summed E-state index contributed by atoms with van der Waals surface area (Å²) in [5, 5.41) is 11.2. The van der Waals surface area contributed by atoms with Crippen molar-refractivity contribution >= 4 is 28.5 Å². The number of nitro benzene ring substituents is 1. The van der Waals surface area contributed by atoms with Gasteiger partial charge in [0.2, 0.25) is 0 Å². The summed E-state index contributed by atoms with van der Waals surface area (Å²) in [6.07, 6.45) is 0. The maximum atomic E-state index is 13.2. The first kappa shape index (κ1) is 15.4. The van der Waals surface area contributed by atoms with Crippen molar-refractivity contribution in [1.82, 2.24) is 9.97 Å². The topological polar surface area (TPSA) is 71.8 Å². The maximum Gasteiger partial charge on any atom is 0.269 e. The number of aromatic amines is 1. The highest BCUT2D eigenvalue weighted by molar-refractivity contribution is 7.99. The Balaban J connectivity index is 1.86. The third kappa shape index (κ3) is 3.16. The van der Waals surface area contributed by atoms with Crippen LogP contribution in [0.5, 0.6) is 0 Å². The lowest BCUT2D eigenvalue weighted by Gasteiger charge is -2.09. The van der Waals surface area contributed by atoms with E-state index in [1.165, 1.54) is 23.9 Å². The van der Waals surface area contributed by atoms with E-state index in [-0.39, 0.29) is 10.9 Å². The summed E-state index contributed by atoms with van der Waals surface area (Å²) in [7, 11) is 0. The summed E-state index contributed by atoms with van der Waals surface area (Å²) < 4.78 is 26.4. The molecule has 0 saturated heterocycles. The number of non-ortho nitro benzene ring substituents is 1. The largest absolute Gasteiger partial charge is 0.333 e. The zero-order valence-corrected chi connectivity index (χ0v) is 12.7. The van der Waals surface area contributed by atoms with Crippen molar-refractivity contribution in [2.24, 2.45) is 0 Å². The van der Waals surface area contributed by atoms with E-state index in [2.05, 4.69) is 9.97 Å². The Morgan fingerprint density at radius 2 is 2.00 bits per heavy atom. The number of halogens is 2. The van der Waals surface area contributed by atoms with Gasteiger partial charge in [0.1, 0.15) is 0 Å². The smallest absolute Gasteiger partial charge is 0.269 e. The Bertz CT molecular complexity index is 859. The molecule has 1 heterocycles. The molecular formula is C15H11F2N3O2S. The first-order valence-corrected chi connectivity index (χ1v) is 7.58. The molecule has 23 heavy (non-hydrogen) atoms. The van der Waals surface area contributed by atoms with Crippen molar-refractivity contribution in [2.45, 2.75) is 17.3 Å². The minimum absolute atomic E-state index is 0.0173. The molecule has 5 nitrogen and oxygen atoms in total. The SMILES string of the molecule is C[C@@H](Sc1nc2cc(F)c(F)cc2[nH]1)c1cccc([N+](=O)[O-])c1. The quantitative estimate of drug-likeness (QED) is 0.429. The summed E-state index contributed by atoms with van der Waals surface area (Å²) in [6.45, 7) is 1.87. The fourth-order valence-electron chi connectivity index (χ4n) is 2.16. The van der Waals surface area contributed by atoms with Gasteiger partial charge >= 0.3 is 0 Å². The fraction of sp³-hybridized carbons (Fsp3) is 0.133. The number of aromatic nitrogens is 2. The molecule has 0 fully saturated rings. The molecule has 3 aromatic rings. The summed E-state index contributed by atoms with van der Waals surface area (Å²) in [4.78, 5) is 17.5. The fourth-order valence-corrected chi connectivity index (χ4v) is 3.10. The molecule has 1 N–H and O–H groups in total. The number of fused-ring (bicyclic) bond motifs is 1. The summed E-state index contributed by atoms with van der Waals surface area (Å²) in [5.74, 6) is -1.89. The monoisotopic (exact) mass is 335 g/mol. The highest BCUT2D eigenvalue weighted by atomic mass is 32.2. The van der Waals surface area contributed by atoms with Crippen LogP contribution in [0.1, 0.15) is 17.7 Å². The zero-order chi connectivity index (χ0) is 16.6.